The van der Waals surface area contributed by atoms with Gasteiger partial charge in [-0.25, -0.2) is 17.7 Å². The zero-order valence-corrected chi connectivity index (χ0v) is 17.3. The molecule has 27 heavy (non-hydrogen) atoms. The van der Waals surface area contributed by atoms with Gasteiger partial charge in [0.2, 0.25) is 15.9 Å². The molecule has 1 aromatic carbocycles. The second kappa shape index (κ2) is 8.00. The van der Waals surface area contributed by atoms with Gasteiger partial charge in [-0.1, -0.05) is 30.0 Å². The molecule has 2 heterocycles. The lowest BCUT2D eigenvalue weighted by Crippen LogP contribution is -2.40. The molecule has 0 saturated carbocycles. The van der Waals surface area contributed by atoms with Crippen LogP contribution in [0.15, 0.2) is 52.5 Å². The summed E-state index contributed by atoms with van der Waals surface area (Å²) >= 11 is 1.34. The monoisotopic (exact) mass is 405 g/mol. The summed E-state index contributed by atoms with van der Waals surface area (Å²) in [5, 5.41) is 0.304. The Balaban J connectivity index is 1.73. The largest absolute Gasteiger partial charge is 0.311 e. The predicted molar refractivity (Wildman–Crippen MR) is 108 cm³/mol. The molecule has 0 radical (unpaired) electrons. The molecule has 144 valence electrons. The number of para-hydroxylation sites is 1. The summed E-state index contributed by atoms with van der Waals surface area (Å²) in [6, 6.07) is 11.2. The highest BCUT2D eigenvalue weighted by molar-refractivity contribution is 8.00. The number of anilines is 1. The third-order valence-corrected chi connectivity index (χ3v) is 7.35. The first kappa shape index (κ1) is 19.9. The van der Waals surface area contributed by atoms with Crippen LogP contribution in [0.5, 0.6) is 0 Å². The molecule has 0 unspecified atom stereocenters. The minimum atomic E-state index is -3.50. The number of aromatic nitrogens is 1. The lowest BCUT2D eigenvalue weighted by Gasteiger charge is -2.31. The summed E-state index contributed by atoms with van der Waals surface area (Å²) in [7, 11) is -0.540. The number of thioether (sulfide) groups is 1. The summed E-state index contributed by atoms with van der Waals surface area (Å²) < 4.78 is 25.4. The van der Waals surface area contributed by atoms with Crippen LogP contribution in [-0.2, 0) is 21.2 Å². The molecule has 1 aromatic heterocycles. The van der Waals surface area contributed by atoms with Gasteiger partial charge in [0.25, 0.3) is 0 Å². The minimum Gasteiger partial charge on any atom is -0.311 e. The molecule has 1 aliphatic rings. The number of hydrogen-bond donors (Lipinski definition) is 0. The van der Waals surface area contributed by atoms with E-state index < -0.39 is 10.0 Å². The predicted octanol–water partition coefficient (Wildman–Crippen LogP) is 2.79. The van der Waals surface area contributed by atoms with Crippen LogP contribution < -0.4 is 4.90 Å². The molecule has 1 aliphatic heterocycles. The number of nitrogens with zero attached hydrogens (tertiary/aromatic N) is 3. The number of carbonyl (C=O) groups is 1. The van der Waals surface area contributed by atoms with E-state index in [0.717, 1.165) is 22.8 Å². The molecular weight excluding hydrogens is 382 g/mol. The van der Waals surface area contributed by atoms with Gasteiger partial charge < -0.3 is 4.90 Å². The molecule has 8 heteroatoms. The van der Waals surface area contributed by atoms with Crippen LogP contribution in [0.4, 0.5) is 5.69 Å². The zero-order valence-electron chi connectivity index (χ0n) is 15.6. The first-order valence-electron chi connectivity index (χ1n) is 8.75. The van der Waals surface area contributed by atoms with Crippen molar-refractivity contribution >= 4 is 33.4 Å². The van der Waals surface area contributed by atoms with Crippen LogP contribution in [0, 0.1) is 0 Å². The first-order valence-corrected chi connectivity index (χ1v) is 11.1. The van der Waals surface area contributed by atoms with E-state index in [1.165, 1.54) is 43.7 Å². The molecule has 0 fully saturated rings. The Morgan fingerprint density at radius 2 is 1.96 bits per heavy atom. The number of fused-ring (bicyclic) bond motifs is 1. The average molecular weight is 406 g/mol. The maximum absolute atomic E-state index is 13.0. The van der Waals surface area contributed by atoms with E-state index in [1.54, 1.807) is 6.07 Å². The standard InChI is InChI=1S/C19H23N3O3S2/c1-14(19(23)22-12-6-8-15-7-4-5-9-17(15)22)26-18-11-10-16(13-20-18)27(24,25)21(2)3/h4-5,7,9-11,13-14H,6,8,12H2,1-3H3/t14-/m1/s1. The molecule has 6 nitrogen and oxygen atoms in total. The molecule has 0 saturated heterocycles. The second-order valence-electron chi connectivity index (χ2n) is 6.60. The molecule has 2 aromatic rings. The number of benzene rings is 1. The molecule has 3 rings (SSSR count). The van der Waals surface area contributed by atoms with Crippen molar-refractivity contribution in [2.45, 2.75) is 34.9 Å². The molecule has 0 N–H and O–H groups in total. The highest BCUT2D eigenvalue weighted by atomic mass is 32.2. The highest BCUT2D eigenvalue weighted by Gasteiger charge is 2.27. The van der Waals surface area contributed by atoms with Crippen molar-refractivity contribution in [3.8, 4) is 0 Å². The molecule has 1 atom stereocenters. The topological polar surface area (TPSA) is 70.6 Å². The van der Waals surface area contributed by atoms with Crippen molar-refractivity contribution in [3.63, 3.8) is 0 Å². The summed E-state index contributed by atoms with van der Waals surface area (Å²) in [4.78, 5) is 19.2. The van der Waals surface area contributed by atoms with E-state index in [4.69, 9.17) is 0 Å². The zero-order chi connectivity index (χ0) is 19.6. The number of rotatable bonds is 5. The second-order valence-corrected chi connectivity index (χ2v) is 10.1. The van der Waals surface area contributed by atoms with Crippen LogP contribution in [0.3, 0.4) is 0 Å². The summed E-state index contributed by atoms with van der Waals surface area (Å²) in [5.74, 6) is 0.0407. The van der Waals surface area contributed by atoms with Gasteiger partial charge in [-0.05, 0) is 43.5 Å². The van der Waals surface area contributed by atoms with Crippen LogP contribution in [-0.4, -0.2) is 49.5 Å². The van der Waals surface area contributed by atoms with Crippen LogP contribution in [0.1, 0.15) is 18.9 Å². The maximum atomic E-state index is 13.0. The lowest BCUT2D eigenvalue weighted by atomic mass is 10.0. The van der Waals surface area contributed by atoms with Gasteiger partial charge >= 0.3 is 0 Å². The fraction of sp³-hybridized carbons (Fsp3) is 0.368. The Kier molecular flexibility index (Phi) is 5.88. The fourth-order valence-corrected chi connectivity index (χ4v) is 4.71. The van der Waals surface area contributed by atoms with E-state index >= 15 is 0 Å². The molecule has 1 amide bonds. The van der Waals surface area contributed by atoms with Crippen molar-refractivity contribution < 1.29 is 13.2 Å². The Morgan fingerprint density at radius 1 is 1.22 bits per heavy atom. The third kappa shape index (κ3) is 4.17. The average Bonchev–Trinajstić information content (AvgIpc) is 2.67. The van der Waals surface area contributed by atoms with Gasteiger partial charge in [-0.3, -0.25) is 4.79 Å². The molecule has 0 aliphatic carbocycles. The van der Waals surface area contributed by atoms with Crippen molar-refractivity contribution in [2.24, 2.45) is 0 Å². The number of amides is 1. The fourth-order valence-electron chi connectivity index (χ4n) is 3.01. The highest BCUT2D eigenvalue weighted by Crippen LogP contribution is 2.30. The SMILES string of the molecule is C[C@@H](Sc1ccc(S(=O)(=O)N(C)C)cn1)C(=O)N1CCCc2ccccc21. The normalized spacial score (nSPS) is 15.5. The van der Waals surface area contributed by atoms with Gasteiger partial charge in [0.15, 0.2) is 0 Å². The Morgan fingerprint density at radius 3 is 2.63 bits per heavy atom. The number of sulfonamides is 1. The number of carbonyl (C=O) groups excluding carboxylic acids is 1. The lowest BCUT2D eigenvalue weighted by molar-refractivity contribution is -0.117. The van der Waals surface area contributed by atoms with Crippen LogP contribution in [0.25, 0.3) is 0 Å². The van der Waals surface area contributed by atoms with Gasteiger partial charge in [-0.2, -0.15) is 0 Å². The Labute approximate surface area is 164 Å². The van der Waals surface area contributed by atoms with E-state index in [1.807, 2.05) is 30.0 Å². The van der Waals surface area contributed by atoms with Gasteiger partial charge in [0.05, 0.1) is 10.3 Å². The van der Waals surface area contributed by atoms with Crippen molar-refractivity contribution in [1.82, 2.24) is 9.29 Å². The molecular formula is C19H23N3O3S2. The number of pyridine rings is 1. The van der Waals surface area contributed by atoms with E-state index in [2.05, 4.69) is 11.1 Å². The van der Waals surface area contributed by atoms with Gasteiger partial charge in [0, 0.05) is 32.5 Å². The van der Waals surface area contributed by atoms with Crippen LogP contribution >= 0.6 is 11.8 Å². The van der Waals surface area contributed by atoms with E-state index in [-0.39, 0.29) is 16.1 Å². The maximum Gasteiger partial charge on any atom is 0.244 e. The Hall–Kier alpha value is -1.90. The summed E-state index contributed by atoms with van der Waals surface area (Å²) in [5.41, 5.74) is 2.19. The number of aryl methyl sites for hydroxylation is 1. The van der Waals surface area contributed by atoms with Crippen molar-refractivity contribution in [2.75, 3.05) is 25.5 Å². The van der Waals surface area contributed by atoms with Gasteiger partial charge in [-0.15, -0.1) is 0 Å². The van der Waals surface area contributed by atoms with Crippen LogP contribution in [0.2, 0.25) is 0 Å². The molecule has 0 bridgehead atoms. The third-order valence-electron chi connectivity index (χ3n) is 4.51. The van der Waals surface area contributed by atoms with E-state index in [0.29, 0.717) is 11.6 Å². The van der Waals surface area contributed by atoms with Gasteiger partial charge in [0.1, 0.15) is 4.90 Å². The number of hydrogen-bond acceptors (Lipinski definition) is 5. The quantitative estimate of drug-likeness (QED) is 0.716. The minimum absolute atomic E-state index is 0.0407. The first-order chi connectivity index (χ1) is 12.8. The van der Waals surface area contributed by atoms with Crippen molar-refractivity contribution in [3.05, 3.63) is 48.2 Å². The summed E-state index contributed by atoms with van der Waals surface area (Å²) in [6.07, 6.45) is 3.28. The Bertz CT molecular complexity index is 927. The van der Waals surface area contributed by atoms with Crippen molar-refractivity contribution in [1.29, 1.82) is 0 Å². The molecule has 0 spiro atoms. The van der Waals surface area contributed by atoms with E-state index in [9.17, 15) is 13.2 Å². The smallest absolute Gasteiger partial charge is 0.244 e. The summed E-state index contributed by atoms with van der Waals surface area (Å²) in [6.45, 7) is 2.57.